The fraction of sp³-hybridized carbons (Fsp3) is 0.500. The van der Waals surface area contributed by atoms with Gasteiger partial charge in [0.2, 0.25) is 0 Å². The van der Waals surface area contributed by atoms with Crippen molar-refractivity contribution in [3.8, 4) is 0 Å². The molecule has 0 aliphatic rings. The summed E-state index contributed by atoms with van der Waals surface area (Å²) >= 11 is 0. The van der Waals surface area contributed by atoms with E-state index in [2.05, 4.69) is 10.6 Å². The molecule has 0 atom stereocenters. The number of carbonyl (C=O) groups is 1. The van der Waals surface area contributed by atoms with Crippen LogP contribution in [0, 0.1) is 10.1 Å². The molecule has 0 saturated heterocycles. The van der Waals surface area contributed by atoms with Gasteiger partial charge in [-0.1, -0.05) is 0 Å². The van der Waals surface area contributed by atoms with Gasteiger partial charge in [0.15, 0.2) is 0 Å². The van der Waals surface area contributed by atoms with E-state index in [1.165, 1.54) is 12.1 Å². The molecule has 1 aromatic rings. The van der Waals surface area contributed by atoms with Crippen LogP contribution >= 0.6 is 0 Å². The SMILES string of the molecule is CNc1ccc([N+](=O)[O-])c(C(=O)NCC(C)(C)N(C)C)c1. The fourth-order valence-electron chi connectivity index (χ4n) is 1.58. The number of nitro benzene ring substituents is 1. The third kappa shape index (κ3) is 4.16. The van der Waals surface area contributed by atoms with Crippen molar-refractivity contribution in [2.24, 2.45) is 0 Å². The van der Waals surface area contributed by atoms with Crippen LogP contribution in [0.2, 0.25) is 0 Å². The number of nitrogens with one attached hydrogen (secondary N) is 2. The summed E-state index contributed by atoms with van der Waals surface area (Å²) in [5.74, 6) is -0.450. The Morgan fingerprint density at radius 2 is 2.00 bits per heavy atom. The van der Waals surface area contributed by atoms with Crippen molar-refractivity contribution in [2.75, 3.05) is 33.0 Å². The summed E-state index contributed by atoms with van der Waals surface area (Å²) in [6.45, 7) is 4.34. The highest BCUT2D eigenvalue weighted by molar-refractivity contribution is 5.99. The predicted octanol–water partition coefficient (Wildman–Crippen LogP) is 1.71. The van der Waals surface area contributed by atoms with Gasteiger partial charge in [-0.25, -0.2) is 0 Å². The summed E-state index contributed by atoms with van der Waals surface area (Å²) in [5.41, 5.74) is 0.263. The number of rotatable bonds is 6. The maximum absolute atomic E-state index is 12.2. The number of nitro groups is 1. The van der Waals surface area contributed by atoms with Gasteiger partial charge in [-0.05, 0) is 40.1 Å². The van der Waals surface area contributed by atoms with Crippen molar-refractivity contribution >= 4 is 17.3 Å². The second-order valence-electron chi connectivity index (χ2n) is 5.63. The Bertz CT molecular complexity index is 541. The number of nitrogens with zero attached hydrogens (tertiary/aromatic N) is 2. The van der Waals surface area contributed by atoms with Gasteiger partial charge in [0.25, 0.3) is 11.6 Å². The lowest BCUT2D eigenvalue weighted by molar-refractivity contribution is -0.385. The van der Waals surface area contributed by atoms with E-state index < -0.39 is 10.8 Å². The lowest BCUT2D eigenvalue weighted by Gasteiger charge is -2.32. The number of anilines is 1. The third-order valence-corrected chi connectivity index (χ3v) is 3.62. The van der Waals surface area contributed by atoms with E-state index in [1.54, 1.807) is 13.1 Å². The van der Waals surface area contributed by atoms with Crippen LogP contribution in [0.1, 0.15) is 24.2 Å². The normalized spacial score (nSPS) is 11.3. The number of benzene rings is 1. The molecule has 0 aliphatic heterocycles. The molecule has 0 radical (unpaired) electrons. The van der Waals surface area contributed by atoms with E-state index in [4.69, 9.17) is 0 Å². The van der Waals surface area contributed by atoms with Crippen LogP contribution in [-0.2, 0) is 0 Å². The Morgan fingerprint density at radius 1 is 1.38 bits per heavy atom. The Kier molecular flexibility index (Phi) is 5.26. The van der Waals surface area contributed by atoms with E-state index in [0.29, 0.717) is 12.2 Å². The fourth-order valence-corrected chi connectivity index (χ4v) is 1.58. The van der Waals surface area contributed by atoms with Crippen molar-refractivity contribution in [1.82, 2.24) is 10.2 Å². The van der Waals surface area contributed by atoms with Crippen molar-refractivity contribution in [2.45, 2.75) is 19.4 Å². The Labute approximate surface area is 124 Å². The largest absolute Gasteiger partial charge is 0.388 e. The average molecular weight is 294 g/mol. The minimum Gasteiger partial charge on any atom is -0.388 e. The van der Waals surface area contributed by atoms with E-state index in [-0.39, 0.29) is 16.8 Å². The molecule has 1 rings (SSSR count). The first-order valence-electron chi connectivity index (χ1n) is 6.61. The molecular formula is C14H22N4O3. The van der Waals surface area contributed by atoms with Crippen LogP contribution in [0.25, 0.3) is 0 Å². The number of hydrogen-bond donors (Lipinski definition) is 2. The van der Waals surface area contributed by atoms with Crippen molar-refractivity contribution in [3.63, 3.8) is 0 Å². The highest BCUT2D eigenvalue weighted by Gasteiger charge is 2.25. The van der Waals surface area contributed by atoms with Gasteiger partial charge in [-0.15, -0.1) is 0 Å². The van der Waals surface area contributed by atoms with E-state index in [9.17, 15) is 14.9 Å². The first-order chi connectivity index (χ1) is 9.69. The quantitative estimate of drug-likeness (QED) is 0.616. The van der Waals surface area contributed by atoms with Crippen LogP contribution in [0.5, 0.6) is 0 Å². The van der Waals surface area contributed by atoms with Gasteiger partial charge in [-0.2, -0.15) is 0 Å². The van der Waals surface area contributed by atoms with Gasteiger partial charge in [0.05, 0.1) is 4.92 Å². The minimum absolute atomic E-state index is 0.0569. The molecular weight excluding hydrogens is 272 g/mol. The highest BCUT2D eigenvalue weighted by atomic mass is 16.6. The van der Waals surface area contributed by atoms with Gasteiger partial charge in [-0.3, -0.25) is 14.9 Å². The topological polar surface area (TPSA) is 87.5 Å². The number of hydrogen-bond acceptors (Lipinski definition) is 5. The Morgan fingerprint density at radius 3 is 2.48 bits per heavy atom. The standard InChI is InChI=1S/C14H22N4O3/c1-14(2,17(4)5)9-16-13(19)11-8-10(15-3)6-7-12(11)18(20)21/h6-8,15H,9H2,1-5H3,(H,16,19). The van der Waals surface area contributed by atoms with Crippen LogP contribution in [0.3, 0.4) is 0 Å². The highest BCUT2D eigenvalue weighted by Crippen LogP contribution is 2.22. The smallest absolute Gasteiger partial charge is 0.282 e. The molecule has 21 heavy (non-hydrogen) atoms. The van der Waals surface area contributed by atoms with E-state index in [1.807, 2.05) is 32.8 Å². The van der Waals surface area contributed by atoms with Gasteiger partial charge in [0.1, 0.15) is 5.56 Å². The Hall–Kier alpha value is -2.15. The zero-order valence-electron chi connectivity index (χ0n) is 13.1. The molecule has 0 aliphatic carbocycles. The lowest BCUT2D eigenvalue weighted by Crippen LogP contribution is -2.48. The molecule has 0 heterocycles. The van der Waals surface area contributed by atoms with Gasteiger partial charge >= 0.3 is 0 Å². The molecule has 2 N–H and O–H groups in total. The molecule has 0 unspecified atom stereocenters. The van der Waals surface area contributed by atoms with E-state index in [0.717, 1.165) is 0 Å². The number of amides is 1. The lowest BCUT2D eigenvalue weighted by atomic mass is 10.0. The van der Waals surface area contributed by atoms with Gasteiger partial charge < -0.3 is 15.5 Å². The average Bonchev–Trinajstić information content (AvgIpc) is 2.43. The maximum atomic E-state index is 12.2. The summed E-state index contributed by atoms with van der Waals surface area (Å²) < 4.78 is 0. The van der Waals surface area contributed by atoms with Gasteiger partial charge in [0, 0.05) is 30.9 Å². The second-order valence-corrected chi connectivity index (χ2v) is 5.63. The number of likely N-dealkylation sites (N-methyl/N-ethyl adjacent to an activating group) is 1. The molecule has 116 valence electrons. The molecule has 1 amide bonds. The van der Waals surface area contributed by atoms with E-state index >= 15 is 0 Å². The summed E-state index contributed by atoms with van der Waals surface area (Å²) in [5, 5.41) is 16.7. The summed E-state index contributed by atoms with van der Waals surface area (Å²) in [6.07, 6.45) is 0. The number of carbonyl (C=O) groups excluding carboxylic acids is 1. The maximum Gasteiger partial charge on any atom is 0.282 e. The van der Waals surface area contributed by atoms with Crippen LogP contribution < -0.4 is 10.6 Å². The zero-order chi connectivity index (χ0) is 16.2. The van der Waals surface area contributed by atoms with Crippen molar-refractivity contribution in [3.05, 3.63) is 33.9 Å². The zero-order valence-corrected chi connectivity index (χ0v) is 13.1. The van der Waals surface area contributed by atoms with Crippen LogP contribution in [-0.4, -0.2) is 49.0 Å². The van der Waals surface area contributed by atoms with Crippen LogP contribution in [0.15, 0.2) is 18.2 Å². The first kappa shape index (κ1) is 16.9. The summed E-state index contributed by atoms with van der Waals surface area (Å²) in [7, 11) is 5.52. The van der Waals surface area contributed by atoms with Crippen LogP contribution in [0.4, 0.5) is 11.4 Å². The minimum atomic E-state index is -0.550. The molecule has 0 fully saturated rings. The predicted molar refractivity (Wildman–Crippen MR) is 82.7 cm³/mol. The molecule has 1 aromatic carbocycles. The Balaban J connectivity index is 2.98. The molecule has 0 spiro atoms. The molecule has 0 saturated carbocycles. The molecule has 0 aromatic heterocycles. The second kappa shape index (κ2) is 6.53. The summed E-state index contributed by atoms with van der Waals surface area (Å²) in [6, 6.07) is 4.38. The molecule has 7 nitrogen and oxygen atoms in total. The van der Waals surface area contributed by atoms with Crippen molar-refractivity contribution < 1.29 is 9.72 Å². The first-order valence-corrected chi connectivity index (χ1v) is 6.61. The summed E-state index contributed by atoms with van der Waals surface area (Å²) in [4.78, 5) is 24.7. The van der Waals surface area contributed by atoms with Crippen molar-refractivity contribution in [1.29, 1.82) is 0 Å². The monoisotopic (exact) mass is 294 g/mol. The molecule has 0 bridgehead atoms. The third-order valence-electron chi connectivity index (χ3n) is 3.62. The molecule has 7 heteroatoms.